The summed E-state index contributed by atoms with van der Waals surface area (Å²) in [5, 5.41) is 3.46. The van der Waals surface area contributed by atoms with Crippen molar-refractivity contribution in [3.05, 3.63) is 107 Å². The van der Waals surface area contributed by atoms with Gasteiger partial charge in [0.1, 0.15) is 11.8 Å². The van der Waals surface area contributed by atoms with Crippen molar-refractivity contribution in [3.8, 4) is 0 Å². The number of imide groups is 1. The highest BCUT2D eigenvalue weighted by Crippen LogP contribution is 2.55. The molecule has 3 heterocycles. The molecule has 1 N–H and O–H groups in total. The van der Waals surface area contributed by atoms with Gasteiger partial charge < -0.3 is 5.32 Å². The Morgan fingerprint density at radius 3 is 2.34 bits per heavy atom. The van der Waals surface area contributed by atoms with Gasteiger partial charge in [-0.25, -0.2) is 4.90 Å². The van der Waals surface area contributed by atoms with Gasteiger partial charge in [-0.2, -0.15) is 0 Å². The molecule has 7 nitrogen and oxygen atoms in total. The Morgan fingerprint density at radius 2 is 1.63 bits per heavy atom. The Bertz CT molecular complexity index is 1770. The van der Waals surface area contributed by atoms with E-state index in [0.29, 0.717) is 36.9 Å². The molecule has 1 aromatic heterocycles. The van der Waals surface area contributed by atoms with Crippen molar-refractivity contribution in [2.45, 2.75) is 29.7 Å². The molecular weight excluding hydrogens is 625 g/mol. The van der Waals surface area contributed by atoms with E-state index in [-0.39, 0.29) is 22.3 Å². The number of anilines is 2. The maximum absolute atomic E-state index is 14.0. The van der Waals surface area contributed by atoms with Crippen LogP contribution in [0.15, 0.2) is 76.6 Å². The molecule has 12 heteroatoms. The number of nitrogens with one attached hydrogen (secondary N) is 1. The van der Waals surface area contributed by atoms with Gasteiger partial charge in [-0.15, -0.1) is 0 Å². The zero-order valence-corrected chi connectivity index (χ0v) is 25.2. The van der Waals surface area contributed by atoms with Gasteiger partial charge >= 0.3 is 4.87 Å². The average Bonchev–Trinajstić information content (AvgIpc) is 3.38. The number of benzene rings is 3. The lowest BCUT2D eigenvalue weighted by atomic mass is 9.83. The number of carbonyl (C=O) groups is 3. The molecule has 41 heavy (non-hydrogen) atoms. The summed E-state index contributed by atoms with van der Waals surface area (Å²) in [6.07, 6.45) is 0. The fraction of sp³-hybridized carbons (Fsp3) is 0.172. The summed E-state index contributed by atoms with van der Waals surface area (Å²) in [5.74, 6) is -2.74. The van der Waals surface area contributed by atoms with Gasteiger partial charge in [0.25, 0.3) is 0 Å². The van der Waals surface area contributed by atoms with Crippen molar-refractivity contribution < 1.29 is 14.4 Å². The summed E-state index contributed by atoms with van der Waals surface area (Å²) in [4.78, 5) is 55.5. The van der Waals surface area contributed by atoms with Gasteiger partial charge in [0, 0.05) is 21.5 Å². The van der Waals surface area contributed by atoms with Crippen LogP contribution in [0.2, 0.25) is 15.1 Å². The smallest absolute Gasteiger partial charge is 0.308 e. The van der Waals surface area contributed by atoms with Gasteiger partial charge in [-0.1, -0.05) is 87.7 Å². The van der Waals surface area contributed by atoms with E-state index in [1.807, 2.05) is 19.1 Å². The third-order valence-corrected chi connectivity index (χ3v) is 10.8. The number of hydrogen-bond donors (Lipinski definition) is 1. The van der Waals surface area contributed by atoms with Crippen LogP contribution in [-0.4, -0.2) is 27.5 Å². The van der Waals surface area contributed by atoms with Crippen molar-refractivity contribution in [1.29, 1.82) is 0 Å². The van der Waals surface area contributed by atoms with Crippen LogP contribution in [-0.2, 0) is 20.9 Å². The first kappa shape index (κ1) is 28.1. The predicted molar refractivity (Wildman–Crippen MR) is 164 cm³/mol. The molecule has 2 aliphatic heterocycles. The number of rotatable bonds is 5. The Kier molecular flexibility index (Phi) is 7.50. The minimum absolute atomic E-state index is 0.248. The van der Waals surface area contributed by atoms with E-state index >= 15 is 0 Å². The summed E-state index contributed by atoms with van der Waals surface area (Å²) in [6.45, 7) is 1.64. The van der Waals surface area contributed by atoms with Crippen molar-refractivity contribution in [3.63, 3.8) is 0 Å². The molecule has 3 amide bonds. The van der Waals surface area contributed by atoms with E-state index in [2.05, 4.69) is 5.32 Å². The van der Waals surface area contributed by atoms with Crippen molar-refractivity contribution in [1.82, 2.24) is 4.57 Å². The summed E-state index contributed by atoms with van der Waals surface area (Å²) in [5.41, 5.74) is 2.53. The van der Waals surface area contributed by atoms with Gasteiger partial charge in [-0.05, 0) is 55.0 Å². The first-order chi connectivity index (χ1) is 19.6. The Labute approximate surface area is 258 Å². The fourth-order valence-electron chi connectivity index (χ4n) is 5.18. The summed E-state index contributed by atoms with van der Waals surface area (Å²) < 4.78 is 1.35. The Hall–Kier alpha value is -3.08. The normalized spacial score (nSPS) is 19.7. The molecule has 0 aliphatic carbocycles. The molecule has 1 fully saturated rings. The SMILES string of the molecule is Cc1ccc(N2C(=O)C3Sc4c(sc(=O)n4CC(=O)Nc4ccc(Cl)cc4)C(c4cccc(Cl)c4Cl)C3C2=O)cc1. The standard InChI is InChI=1S/C29H20Cl3N3O4S2/c1-14-5-11-17(12-6-14)35-26(37)22-21(18-3-2-4-19(31)23(18)32)25-28(40-24(22)27(35)38)34(29(39)41-25)13-20(36)33-16-9-7-15(30)8-10-16/h2-12,21-22,24H,13H2,1H3,(H,33,36). The molecule has 3 aromatic carbocycles. The number of aromatic nitrogens is 1. The molecule has 4 aromatic rings. The predicted octanol–water partition coefficient (Wildman–Crippen LogP) is 6.61. The minimum Gasteiger partial charge on any atom is -0.325 e. The number of amides is 3. The van der Waals surface area contributed by atoms with Crippen LogP contribution >= 0.6 is 57.9 Å². The van der Waals surface area contributed by atoms with Gasteiger partial charge in [0.05, 0.1) is 26.7 Å². The molecule has 6 rings (SSSR count). The van der Waals surface area contributed by atoms with Crippen molar-refractivity contribution >= 4 is 87.0 Å². The van der Waals surface area contributed by atoms with Crippen molar-refractivity contribution in [2.75, 3.05) is 10.2 Å². The largest absolute Gasteiger partial charge is 0.325 e. The molecule has 3 atom stereocenters. The number of thiazole rings is 1. The number of hydrogen-bond acceptors (Lipinski definition) is 6. The van der Waals surface area contributed by atoms with E-state index in [0.717, 1.165) is 28.7 Å². The summed E-state index contributed by atoms with van der Waals surface area (Å²) >= 11 is 21.1. The van der Waals surface area contributed by atoms with Gasteiger partial charge in [0.15, 0.2) is 0 Å². The van der Waals surface area contributed by atoms with E-state index < -0.39 is 28.9 Å². The molecule has 3 unspecified atom stereocenters. The quantitative estimate of drug-likeness (QED) is 0.247. The number of carbonyl (C=O) groups excluding carboxylic acids is 3. The van der Waals surface area contributed by atoms with Crippen LogP contribution in [0.4, 0.5) is 11.4 Å². The molecule has 0 spiro atoms. The molecule has 0 radical (unpaired) electrons. The third-order valence-electron chi connectivity index (χ3n) is 7.09. The van der Waals surface area contributed by atoms with Gasteiger partial charge in [0.2, 0.25) is 17.7 Å². The monoisotopic (exact) mass is 643 g/mol. The summed E-state index contributed by atoms with van der Waals surface area (Å²) in [6, 6.07) is 18.9. The minimum atomic E-state index is -0.837. The first-order valence-corrected chi connectivity index (χ1v) is 15.3. The Morgan fingerprint density at radius 1 is 0.927 bits per heavy atom. The number of thioether (sulfide) groups is 1. The zero-order valence-electron chi connectivity index (χ0n) is 21.3. The zero-order chi connectivity index (χ0) is 29.0. The molecule has 2 aliphatic rings. The highest BCUT2D eigenvalue weighted by atomic mass is 35.5. The lowest BCUT2D eigenvalue weighted by Gasteiger charge is -2.31. The van der Waals surface area contributed by atoms with Crippen LogP contribution in [0.25, 0.3) is 0 Å². The van der Waals surface area contributed by atoms with Gasteiger partial charge in [-0.3, -0.25) is 23.7 Å². The Balaban J connectivity index is 1.43. The van der Waals surface area contributed by atoms with Crippen LogP contribution in [0.3, 0.4) is 0 Å². The van der Waals surface area contributed by atoms with Crippen LogP contribution in [0, 0.1) is 12.8 Å². The van der Waals surface area contributed by atoms with Crippen LogP contribution in [0.1, 0.15) is 21.9 Å². The lowest BCUT2D eigenvalue weighted by molar-refractivity contribution is -0.122. The number of halogens is 3. The lowest BCUT2D eigenvalue weighted by Crippen LogP contribution is -2.33. The molecule has 0 bridgehead atoms. The molecule has 0 saturated carbocycles. The maximum atomic E-state index is 14.0. The van der Waals surface area contributed by atoms with Crippen LogP contribution < -0.4 is 15.1 Å². The van der Waals surface area contributed by atoms with E-state index in [1.54, 1.807) is 54.6 Å². The highest BCUT2D eigenvalue weighted by Gasteiger charge is 2.57. The molecule has 1 saturated heterocycles. The number of nitrogens with zero attached hydrogens (tertiary/aromatic N) is 2. The van der Waals surface area contributed by atoms with Crippen LogP contribution in [0.5, 0.6) is 0 Å². The summed E-state index contributed by atoms with van der Waals surface area (Å²) in [7, 11) is 0. The first-order valence-electron chi connectivity index (χ1n) is 12.5. The molecule has 208 valence electrons. The van der Waals surface area contributed by atoms with E-state index in [1.165, 1.54) is 9.47 Å². The third kappa shape index (κ3) is 5.00. The number of fused-ring (bicyclic) bond motifs is 2. The second kappa shape index (κ2) is 11.0. The average molecular weight is 645 g/mol. The fourth-order valence-corrected chi connectivity index (χ4v) is 8.49. The second-order valence-corrected chi connectivity index (χ2v) is 13.1. The van der Waals surface area contributed by atoms with E-state index in [9.17, 15) is 19.2 Å². The highest BCUT2D eigenvalue weighted by molar-refractivity contribution is 8.00. The van der Waals surface area contributed by atoms with Crippen molar-refractivity contribution in [2.24, 2.45) is 5.92 Å². The second-order valence-electron chi connectivity index (χ2n) is 9.71. The van der Waals surface area contributed by atoms with E-state index in [4.69, 9.17) is 34.8 Å². The number of aryl methyl sites for hydroxylation is 1. The topological polar surface area (TPSA) is 88.5 Å². The molecular formula is C29H20Cl3N3O4S2. The maximum Gasteiger partial charge on any atom is 0.308 e.